The standard InChI is InChI=1S/C15H16ClN3O3/c1-9(7-14(20)21)18-15(22)11-8-17-19(10(11)2)13-6-4-3-5-12(13)16/h3-6,8-9H,7H2,1-2H3,(H,18,22)(H,20,21). The van der Waals surface area contributed by atoms with Gasteiger partial charge < -0.3 is 10.4 Å². The molecule has 0 saturated heterocycles. The number of para-hydroxylation sites is 1. The lowest BCUT2D eigenvalue weighted by molar-refractivity contribution is -0.137. The van der Waals surface area contributed by atoms with Gasteiger partial charge in [-0.2, -0.15) is 5.10 Å². The number of halogens is 1. The van der Waals surface area contributed by atoms with Gasteiger partial charge in [0.2, 0.25) is 0 Å². The van der Waals surface area contributed by atoms with E-state index in [1.54, 1.807) is 30.7 Å². The molecule has 0 aliphatic rings. The van der Waals surface area contributed by atoms with Gasteiger partial charge in [-0.3, -0.25) is 9.59 Å². The highest BCUT2D eigenvalue weighted by molar-refractivity contribution is 6.32. The van der Waals surface area contributed by atoms with Crippen molar-refractivity contribution in [3.05, 3.63) is 46.7 Å². The molecule has 116 valence electrons. The summed E-state index contributed by atoms with van der Waals surface area (Å²) >= 11 is 6.13. The molecule has 0 aliphatic carbocycles. The first-order valence-electron chi connectivity index (χ1n) is 6.72. The number of carbonyl (C=O) groups is 2. The number of carbonyl (C=O) groups excluding carboxylic acids is 1. The Hall–Kier alpha value is -2.34. The molecular formula is C15H16ClN3O3. The molecule has 0 radical (unpaired) electrons. The van der Waals surface area contributed by atoms with Gasteiger partial charge in [0.25, 0.3) is 5.91 Å². The second-order valence-corrected chi connectivity index (χ2v) is 5.39. The van der Waals surface area contributed by atoms with Crippen LogP contribution in [0.4, 0.5) is 0 Å². The number of aliphatic carboxylic acids is 1. The van der Waals surface area contributed by atoms with Crippen LogP contribution in [-0.2, 0) is 4.79 Å². The topological polar surface area (TPSA) is 84.2 Å². The quantitative estimate of drug-likeness (QED) is 0.885. The summed E-state index contributed by atoms with van der Waals surface area (Å²) in [5, 5.41) is 16.1. The molecule has 0 spiro atoms. The zero-order valence-corrected chi connectivity index (χ0v) is 13.0. The van der Waals surface area contributed by atoms with Gasteiger partial charge in [-0.15, -0.1) is 0 Å². The van der Waals surface area contributed by atoms with Crippen molar-refractivity contribution in [3.63, 3.8) is 0 Å². The van der Waals surface area contributed by atoms with E-state index in [9.17, 15) is 9.59 Å². The highest BCUT2D eigenvalue weighted by Gasteiger charge is 2.18. The van der Waals surface area contributed by atoms with Crippen LogP contribution in [0.3, 0.4) is 0 Å². The van der Waals surface area contributed by atoms with Gasteiger partial charge in [-0.25, -0.2) is 4.68 Å². The molecule has 0 bridgehead atoms. The van der Waals surface area contributed by atoms with E-state index in [1.807, 2.05) is 12.1 Å². The van der Waals surface area contributed by atoms with E-state index in [0.29, 0.717) is 22.0 Å². The summed E-state index contributed by atoms with van der Waals surface area (Å²) in [6.45, 7) is 3.40. The van der Waals surface area contributed by atoms with Gasteiger partial charge in [-0.1, -0.05) is 23.7 Å². The Balaban J connectivity index is 2.23. The maximum absolute atomic E-state index is 12.2. The van der Waals surface area contributed by atoms with Crippen LogP contribution in [0.25, 0.3) is 5.69 Å². The molecule has 1 amide bonds. The first kappa shape index (κ1) is 16.0. The Labute approximate surface area is 132 Å². The summed E-state index contributed by atoms with van der Waals surface area (Å²) in [5.74, 6) is -1.32. The number of carboxylic acids is 1. The predicted molar refractivity (Wildman–Crippen MR) is 82.5 cm³/mol. The highest BCUT2D eigenvalue weighted by Crippen LogP contribution is 2.22. The van der Waals surface area contributed by atoms with Crippen LogP contribution in [0.2, 0.25) is 5.02 Å². The Morgan fingerprint density at radius 1 is 1.41 bits per heavy atom. The molecule has 1 heterocycles. The minimum atomic E-state index is -0.962. The molecule has 2 aromatic rings. The Morgan fingerprint density at radius 3 is 2.73 bits per heavy atom. The predicted octanol–water partition coefficient (Wildman–Crippen LogP) is 2.43. The summed E-state index contributed by atoms with van der Waals surface area (Å²) in [4.78, 5) is 22.8. The number of nitrogens with one attached hydrogen (secondary N) is 1. The molecule has 2 N–H and O–H groups in total. The fraction of sp³-hybridized carbons (Fsp3) is 0.267. The normalized spacial score (nSPS) is 12.0. The smallest absolute Gasteiger partial charge is 0.305 e. The van der Waals surface area contributed by atoms with E-state index in [1.165, 1.54) is 6.20 Å². The number of amides is 1. The Morgan fingerprint density at radius 2 is 2.09 bits per heavy atom. The van der Waals surface area contributed by atoms with Crippen LogP contribution in [0.1, 0.15) is 29.4 Å². The third-order valence-corrected chi connectivity index (χ3v) is 3.51. The van der Waals surface area contributed by atoms with Gasteiger partial charge in [0.15, 0.2) is 0 Å². The van der Waals surface area contributed by atoms with Crippen LogP contribution < -0.4 is 5.32 Å². The monoisotopic (exact) mass is 321 g/mol. The first-order valence-corrected chi connectivity index (χ1v) is 7.10. The van der Waals surface area contributed by atoms with Crippen molar-refractivity contribution in [2.45, 2.75) is 26.3 Å². The molecule has 7 heteroatoms. The lowest BCUT2D eigenvalue weighted by atomic mass is 10.2. The lowest BCUT2D eigenvalue weighted by Crippen LogP contribution is -2.34. The van der Waals surface area contributed by atoms with Crippen molar-refractivity contribution in [1.29, 1.82) is 0 Å². The van der Waals surface area contributed by atoms with Crippen LogP contribution in [0.5, 0.6) is 0 Å². The van der Waals surface area contributed by atoms with Gasteiger partial charge in [0.05, 0.1) is 34.6 Å². The second kappa shape index (κ2) is 6.62. The van der Waals surface area contributed by atoms with Crippen LogP contribution >= 0.6 is 11.6 Å². The van der Waals surface area contributed by atoms with E-state index in [4.69, 9.17) is 16.7 Å². The van der Waals surface area contributed by atoms with Gasteiger partial charge in [-0.05, 0) is 26.0 Å². The summed E-state index contributed by atoms with van der Waals surface area (Å²) in [5.41, 5.74) is 1.70. The van der Waals surface area contributed by atoms with E-state index >= 15 is 0 Å². The van der Waals surface area contributed by atoms with Crippen molar-refractivity contribution < 1.29 is 14.7 Å². The molecule has 0 aliphatic heterocycles. The molecule has 1 atom stereocenters. The van der Waals surface area contributed by atoms with Crippen LogP contribution in [0.15, 0.2) is 30.5 Å². The van der Waals surface area contributed by atoms with Gasteiger partial charge in [0.1, 0.15) is 0 Å². The van der Waals surface area contributed by atoms with Crippen molar-refractivity contribution in [2.24, 2.45) is 0 Å². The zero-order valence-electron chi connectivity index (χ0n) is 12.2. The number of aromatic nitrogens is 2. The molecule has 1 aromatic heterocycles. The molecule has 2 rings (SSSR count). The van der Waals surface area contributed by atoms with Crippen molar-refractivity contribution >= 4 is 23.5 Å². The lowest BCUT2D eigenvalue weighted by Gasteiger charge is -2.11. The number of benzene rings is 1. The molecule has 1 unspecified atom stereocenters. The third-order valence-electron chi connectivity index (χ3n) is 3.19. The fourth-order valence-corrected chi connectivity index (χ4v) is 2.33. The summed E-state index contributed by atoms with van der Waals surface area (Å²) in [6, 6.07) is 6.72. The Kier molecular flexibility index (Phi) is 4.82. The van der Waals surface area contributed by atoms with E-state index in [2.05, 4.69) is 10.4 Å². The van der Waals surface area contributed by atoms with E-state index in [-0.39, 0.29) is 12.3 Å². The number of hydrogen-bond acceptors (Lipinski definition) is 3. The zero-order chi connectivity index (χ0) is 16.3. The number of nitrogens with zero attached hydrogens (tertiary/aromatic N) is 2. The Bertz CT molecular complexity index is 712. The minimum Gasteiger partial charge on any atom is -0.481 e. The average Bonchev–Trinajstić information content (AvgIpc) is 2.80. The largest absolute Gasteiger partial charge is 0.481 e. The molecule has 22 heavy (non-hydrogen) atoms. The summed E-state index contributed by atoms with van der Waals surface area (Å²) < 4.78 is 1.58. The minimum absolute atomic E-state index is 0.135. The van der Waals surface area contributed by atoms with Crippen molar-refractivity contribution in [3.8, 4) is 5.69 Å². The highest BCUT2D eigenvalue weighted by atomic mass is 35.5. The van der Waals surface area contributed by atoms with Crippen LogP contribution in [0, 0.1) is 6.92 Å². The molecule has 1 aromatic carbocycles. The first-order chi connectivity index (χ1) is 10.4. The van der Waals surface area contributed by atoms with Crippen LogP contribution in [-0.4, -0.2) is 32.8 Å². The summed E-state index contributed by atoms with van der Waals surface area (Å²) in [7, 11) is 0. The van der Waals surface area contributed by atoms with Gasteiger partial charge in [0, 0.05) is 6.04 Å². The van der Waals surface area contributed by atoms with Gasteiger partial charge >= 0.3 is 5.97 Å². The van der Waals surface area contributed by atoms with Crippen molar-refractivity contribution in [2.75, 3.05) is 0 Å². The maximum atomic E-state index is 12.2. The number of hydrogen-bond donors (Lipinski definition) is 2. The number of carboxylic acid groups (broad SMARTS) is 1. The molecular weight excluding hydrogens is 306 g/mol. The second-order valence-electron chi connectivity index (χ2n) is 4.98. The molecule has 6 nitrogen and oxygen atoms in total. The maximum Gasteiger partial charge on any atom is 0.305 e. The number of rotatable bonds is 5. The van der Waals surface area contributed by atoms with Crippen molar-refractivity contribution in [1.82, 2.24) is 15.1 Å². The molecule has 0 saturated carbocycles. The van der Waals surface area contributed by atoms with E-state index in [0.717, 1.165) is 0 Å². The fourth-order valence-electron chi connectivity index (χ4n) is 2.11. The SMILES string of the molecule is Cc1c(C(=O)NC(C)CC(=O)O)cnn1-c1ccccc1Cl. The van der Waals surface area contributed by atoms with E-state index < -0.39 is 12.0 Å². The molecule has 0 fully saturated rings. The average molecular weight is 322 g/mol. The third kappa shape index (κ3) is 3.46. The summed E-state index contributed by atoms with van der Waals surface area (Å²) in [6.07, 6.45) is 1.31.